The SMILES string of the molecule is Cc1ccc2c(c1)C(=NCCCC1CCCN1C)c1cccn1-2. The van der Waals surface area contributed by atoms with E-state index in [1.165, 1.54) is 60.4 Å². The fourth-order valence-electron chi connectivity index (χ4n) is 4.00. The largest absolute Gasteiger partial charge is 0.314 e. The third kappa shape index (κ3) is 2.63. The normalized spacial score (nSPS) is 21.8. The summed E-state index contributed by atoms with van der Waals surface area (Å²) in [6.45, 7) is 4.35. The van der Waals surface area contributed by atoms with E-state index in [1.807, 2.05) is 0 Å². The van der Waals surface area contributed by atoms with Crippen LogP contribution >= 0.6 is 0 Å². The first-order valence-corrected chi connectivity index (χ1v) is 8.78. The molecule has 3 heteroatoms. The second kappa shape index (κ2) is 5.97. The molecule has 4 rings (SSSR count). The molecule has 0 spiro atoms. The third-order valence-electron chi connectivity index (χ3n) is 5.29. The molecule has 0 amide bonds. The highest BCUT2D eigenvalue weighted by Crippen LogP contribution is 2.29. The van der Waals surface area contributed by atoms with Gasteiger partial charge in [0.2, 0.25) is 0 Å². The number of hydrogen-bond acceptors (Lipinski definition) is 2. The average Bonchev–Trinajstić information content (AvgIpc) is 3.21. The molecular formula is C20H25N3. The van der Waals surface area contributed by atoms with Crippen LogP contribution in [0.1, 0.15) is 42.5 Å². The Balaban J connectivity index is 1.51. The first-order valence-electron chi connectivity index (χ1n) is 8.78. The zero-order chi connectivity index (χ0) is 15.8. The Kier molecular flexibility index (Phi) is 3.82. The second-order valence-corrected chi connectivity index (χ2v) is 6.93. The Morgan fingerprint density at radius 1 is 1.26 bits per heavy atom. The van der Waals surface area contributed by atoms with E-state index >= 15 is 0 Å². The summed E-state index contributed by atoms with van der Waals surface area (Å²) >= 11 is 0. The summed E-state index contributed by atoms with van der Waals surface area (Å²) in [6, 6.07) is 11.7. The lowest BCUT2D eigenvalue weighted by Crippen LogP contribution is -2.24. The van der Waals surface area contributed by atoms with Crippen molar-refractivity contribution in [2.45, 2.75) is 38.6 Å². The van der Waals surface area contributed by atoms with Crippen LogP contribution in [-0.4, -0.2) is 41.4 Å². The fraction of sp³-hybridized carbons (Fsp3) is 0.450. The maximum atomic E-state index is 4.98. The molecule has 120 valence electrons. The number of nitrogens with zero attached hydrogens (tertiary/aromatic N) is 3. The maximum absolute atomic E-state index is 4.98. The van der Waals surface area contributed by atoms with Crippen molar-refractivity contribution in [3.05, 3.63) is 53.3 Å². The Bertz CT molecular complexity index is 741. The predicted molar refractivity (Wildman–Crippen MR) is 95.9 cm³/mol. The predicted octanol–water partition coefficient (Wildman–Crippen LogP) is 3.81. The van der Waals surface area contributed by atoms with E-state index in [2.05, 4.69) is 60.0 Å². The summed E-state index contributed by atoms with van der Waals surface area (Å²) in [5.74, 6) is 0. The molecule has 0 aliphatic carbocycles. The van der Waals surface area contributed by atoms with Crippen molar-refractivity contribution in [1.29, 1.82) is 0 Å². The number of aryl methyl sites for hydroxylation is 1. The van der Waals surface area contributed by atoms with Gasteiger partial charge in [-0.3, -0.25) is 4.99 Å². The summed E-state index contributed by atoms with van der Waals surface area (Å²) in [5, 5.41) is 0. The monoisotopic (exact) mass is 307 g/mol. The molecule has 1 fully saturated rings. The van der Waals surface area contributed by atoms with Crippen LogP contribution in [0.25, 0.3) is 5.69 Å². The van der Waals surface area contributed by atoms with Gasteiger partial charge in [0.05, 0.1) is 17.1 Å². The van der Waals surface area contributed by atoms with Crippen molar-refractivity contribution in [3.8, 4) is 5.69 Å². The lowest BCUT2D eigenvalue weighted by molar-refractivity contribution is 0.293. The molecule has 3 heterocycles. The number of benzene rings is 1. The van der Waals surface area contributed by atoms with Gasteiger partial charge in [-0.15, -0.1) is 0 Å². The molecule has 1 atom stereocenters. The minimum Gasteiger partial charge on any atom is -0.314 e. The quantitative estimate of drug-likeness (QED) is 0.671. The lowest BCUT2D eigenvalue weighted by atomic mass is 10.1. The fourth-order valence-corrected chi connectivity index (χ4v) is 4.00. The van der Waals surface area contributed by atoms with Crippen LogP contribution in [0.4, 0.5) is 0 Å². The van der Waals surface area contributed by atoms with Crippen molar-refractivity contribution >= 4 is 5.71 Å². The summed E-state index contributed by atoms with van der Waals surface area (Å²) in [7, 11) is 2.26. The summed E-state index contributed by atoms with van der Waals surface area (Å²) < 4.78 is 2.26. The van der Waals surface area contributed by atoms with E-state index in [4.69, 9.17) is 4.99 Å². The van der Waals surface area contributed by atoms with Crippen LogP contribution in [0.5, 0.6) is 0 Å². The first kappa shape index (κ1) is 14.7. The summed E-state index contributed by atoms with van der Waals surface area (Å²) in [4.78, 5) is 7.49. The Morgan fingerprint density at radius 3 is 3.00 bits per heavy atom. The number of fused-ring (bicyclic) bond motifs is 3. The topological polar surface area (TPSA) is 20.5 Å². The number of likely N-dealkylation sites (tertiary alicyclic amines) is 1. The van der Waals surface area contributed by atoms with Crippen molar-refractivity contribution in [2.24, 2.45) is 4.99 Å². The van der Waals surface area contributed by atoms with E-state index in [1.54, 1.807) is 0 Å². The molecule has 2 aliphatic heterocycles. The van der Waals surface area contributed by atoms with Gasteiger partial charge in [-0.25, -0.2) is 0 Å². The summed E-state index contributed by atoms with van der Waals surface area (Å²) in [6.07, 6.45) is 7.31. The smallest absolute Gasteiger partial charge is 0.0908 e. The van der Waals surface area contributed by atoms with E-state index in [-0.39, 0.29) is 0 Å². The van der Waals surface area contributed by atoms with Gasteiger partial charge in [0.1, 0.15) is 0 Å². The standard InChI is InChI=1S/C20H25N3/c1-15-9-10-18-17(14-15)20(19-8-5-13-23(18)19)21-11-3-6-16-7-4-12-22(16)2/h5,8-10,13-14,16H,3-4,6-7,11-12H2,1-2H3. The van der Waals surface area contributed by atoms with E-state index < -0.39 is 0 Å². The van der Waals surface area contributed by atoms with Gasteiger partial charge < -0.3 is 9.47 Å². The molecule has 1 unspecified atom stereocenters. The highest BCUT2D eigenvalue weighted by Gasteiger charge is 2.24. The van der Waals surface area contributed by atoms with Gasteiger partial charge in [-0.2, -0.15) is 0 Å². The number of aromatic nitrogens is 1. The van der Waals surface area contributed by atoms with Crippen LogP contribution in [-0.2, 0) is 0 Å². The van der Waals surface area contributed by atoms with Gasteiger partial charge >= 0.3 is 0 Å². The summed E-state index contributed by atoms with van der Waals surface area (Å²) in [5.41, 5.74) is 6.27. The number of aliphatic imine (C=N–C) groups is 1. The van der Waals surface area contributed by atoms with Gasteiger partial charge in [-0.1, -0.05) is 11.6 Å². The van der Waals surface area contributed by atoms with Gasteiger partial charge in [-0.05, 0) is 70.5 Å². The van der Waals surface area contributed by atoms with Crippen molar-refractivity contribution in [2.75, 3.05) is 20.1 Å². The zero-order valence-electron chi connectivity index (χ0n) is 14.1. The van der Waals surface area contributed by atoms with Crippen LogP contribution in [0, 0.1) is 6.92 Å². The van der Waals surface area contributed by atoms with Gasteiger partial charge in [0, 0.05) is 24.3 Å². The van der Waals surface area contributed by atoms with Crippen LogP contribution < -0.4 is 0 Å². The molecule has 1 saturated heterocycles. The molecular weight excluding hydrogens is 282 g/mol. The van der Waals surface area contributed by atoms with Crippen LogP contribution in [0.3, 0.4) is 0 Å². The third-order valence-corrected chi connectivity index (χ3v) is 5.29. The van der Waals surface area contributed by atoms with Crippen LogP contribution in [0.15, 0.2) is 41.5 Å². The molecule has 0 saturated carbocycles. The van der Waals surface area contributed by atoms with Gasteiger partial charge in [0.15, 0.2) is 0 Å². The molecule has 0 radical (unpaired) electrons. The zero-order valence-corrected chi connectivity index (χ0v) is 14.1. The lowest BCUT2D eigenvalue weighted by Gasteiger charge is -2.18. The maximum Gasteiger partial charge on any atom is 0.0908 e. The Morgan fingerprint density at radius 2 is 2.17 bits per heavy atom. The minimum absolute atomic E-state index is 0.775. The number of hydrogen-bond donors (Lipinski definition) is 0. The molecule has 2 aliphatic rings. The van der Waals surface area contributed by atoms with Gasteiger partial charge in [0.25, 0.3) is 0 Å². The van der Waals surface area contributed by atoms with E-state index in [0.717, 1.165) is 12.6 Å². The minimum atomic E-state index is 0.775. The van der Waals surface area contributed by atoms with Crippen molar-refractivity contribution in [3.63, 3.8) is 0 Å². The molecule has 2 aromatic rings. The Labute approximate surface area is 138 Å². The molecule has 23 heavy (non-hydrogen) atoms. The molecule has 1 aromatic heterocycles. The molecule has 0 N–H and O–H groups in total. The highest BCUT2D eigenvalue weighted by atomic mass is 15.1. The van der Waals surface area contributed by atoms with Crippen molar-refractivity contribution in [1.82, 2.24) is 9.47 Å². The molecule has 0 bridgehead atoms. The van der Waals surface area contributed by atoms with Crippen molar-refractivity contribution < 1.29 is 0 Å². The highest BCUT2D eigenvalue weighted by molar-refractivity contribution is 6.17. The molecule has 3 nitrogen and oxygen atoms in total. The number of rotatable bonds is 4. The first-order chi connectivity index (χ1) is 11.2. The average molecular weight is 307 g/mol. The van der Waals surface area contributed by atoms with E-state index in [9.17, 15) is 0 Å². The van der Waals surface area contributed by atoms with E-state index in [0.29, 0.717) is 0 Å². The van der Waals surface area contributed by atoms with Crippen LogP contribution in [0.2, 0.25) is 0 Å². The Hall–Kier alpha value is -1.87. The second-order valence-electron chi connectivity index (χ2n) is 6.93. The molecule has 1 aromatic carbocycles.